The van der Waals surface area contributed by atoms with Gasteiger partial charge in [0.05, 0.1) is 15.1 Å². The highest BCUT2D eigenvalue weighted by Gasteiger charge is 2.31. The summed E-state index contributed by atoms with van der Waals surface area (Å²) < 4.78 is 17.2. The van der Waals surface area contributed by atoms with Gasteiger partial charge in [-0.1, -0.05) is 149 Å². The fraction of sp³-hybridized carbons (Fsp3) is 0.135. The second-order valence-electron chi connectivity index (χ2n) is 11.0. The summed E-state index contributed by atoms with van der Waals surface area (Å²) in [5.41, 5.74) is 6.02. The molecule has 5 aromatic carbocycles. The molecule has 0 aliphatic heterocycles. The summed E-state index contributed by atoms with van der Waals surface area (Å²) in [5, 5.41) is 1.88. The molecule has 1 amide bonds. The topological polar surface area (TPSA) is 73.9 Å². The van der Waals surface area contributed by atoms with E-state index in [2.05, 4.69) is 5.32 Å². The zero-order chi connectivity index (χ0) is 33.8. The Balaban J connectivity index is 1.19. The Morgan fingerprint density at radius 3 is 1.79 bits per heavy atom. The van der Waals surface area contributed by atoms with Crippen LogP contribution in [0.15, 0.2) is 103 Å². The standard InChI is InChI=1S/C37H26Cl5NO5/c38-30-31(39)33(41)35(34(42)32(30)40)48-36(44)29(18-21-14-16-23(17-15-21)46-19-22-8-2-1-3-9-22)43-37(45)47-20-28-26-12-6-4-10-24(26)25-11-5-7-13-27(25)28/h1-17,28-29H,18-20H2,(H,43,45)/t29-/m0/s1. The first-order chi connectivity index (χ1) is 23.2. The average molecular weight is 742 g/mol. The Labute approximate surface area is 302 Å². The first-order valence-corrected chi connectivity index (χ1v) is 16.7. The van der Waals surface area contributed by atoms with Gasteiger partial charge in [-0.3, -0.25) is 0 Å². The lowest BCUT2D eigenvalue weighted by Crippen LogP contribution is -2.45. The molecular weight excluding hydrogens is 716 g/mol. The maximum absolute atomic E-state index is 13.6. The van der Waals surface area contributed by atoms with Crippen LogP contribution in [-0.2, 0) is 22.6 Å². The summed E-state index contributed by atoms with van der Waals surface area (Å²) in [5.74, 6) is -0.707. The van der Waals surface area contributed by atoms with Crippen LogP contribution in [0.1, 0.15) is 28.2 Å². The van der Waals surface area contributed by atoms with E-state index in [0.29, 0.717) is 17.9 Å². The average Bonchev–Trinajstić information content (AvgIpc) is 3.44. The molecule has 1 N–H and O–H groups in total. The number of benzene rings is 5. The minimum Gasteiger partial charge on any atom is -0.489 e. The summed E-state index contributed by atoms with van der Waals surface area (Å²) in [4.78, 5) is 26.9. The predicted molar refractivity (Wildman–Crippen MR) is 190 cm³/mol. The lowest BCUT2D eigenvalue weighted by molar-refractivity contribution is -0.136. The van der Waals surface area contributed by atoms with Crippen LogP contribution in [0.2, 0.25) is 25.1 Å². The van der Waals surface area contributed by atoms with E-state index in [0.717, 1.165) is 27.8 Å². The third kappa shape index (κ3) is 7.39. The molecule has 0 heterocycles. The van der Waals surface area contributed by atoms with E-state index >= 15 is 0 Å². The van der Waals surface area contributed by atoms with Gasteiger partial charge in [0, 0.05) is 12.3 Å². The van der Waals surface area contributed by atoms with Crippen molar-refractivity contribution in [2.75, 3.05) is 6.61 Å². The molecule has 0 unspecified atom stereocenters. The van der Waals surface area contributed by atoms with Crippen LogP contribution in [0.25, 0.3) is 11.1 Å². The number of hydrogen-bond acceptors (Lipinski definition) is 5. The summed E-state index contributed by atoms with van der Waals surface area (Å²) in [6, 6.07) is 31.7. The van der Waals surface area contributed by atoms with Gasteiger partial charge in [0.2, 0.25) is 0 Å². The second kappa shape index (κ2) is 15.1. The fourth-order valence-electron chi connectivity index (χ4n) is 5.52. The van der Waals surface area contributed by atoms with Crippen molar-refractivity contribution < 1.29 is 23.8 Å². The van der Waals surface area contributed by atoms with Gasteiger partial charge in [0.25, 0.3) is 0 Å². The molecule has 6 nitrogen and oxygen atoms in total. The van der Waals surface area contributed by atoms with Crippen LogP contribution in [0.4, 0.5) is 4.79 Å². The van der Waals surface area contributed by atoms with E-state index in [9.17, 15) is 9.59 Å². The first-order valence-electron chi connectivity index (χ1n) is 14.8. The molecule has 0 spiro atoms. The van der Waals surface area contributed by atoms with Crippen molar-refractivity contribution in [1.29, 1.82) is 0 Å². The normalized spacial score (nSPS) is 12.5. The predicted octanol–water partition coefficient (Wildman–Crippen LogP) is 10.6. The Morgan fingerprint density at radius 1 is 0.646 bits per heavy atom. The second-order valence-corrected chi connectivity index (χ2v) is 12.9. The summed E-state index contributed by atoms with van der Waals surface area (Å²) in [7, 11) is 0. The van der Waals surface area contributed by atoms with E-state index < -0.39 is 18.1 Å². The molecule has 1 aliphatic carbocycles. The van der Waals surface area contributed by atoms with Crippen molar-refractivity contribution in [3.8, 4) is 22.6 Å². The zero-order valence-corrected chi connectivity index (χ0v) is 28.8. The molecule has 0 aromatic heterocycles. The fourth-order valence-corrected chi connectivity index (χ4v) is 6.72. The summed E-state index contributed by atoms with van der Waals surface area (Å²) >= 11 is 31.1. The lowest BCUT2D eigenvalue weighted by atomic mass is 9.98. The van der Waals surface area contributed by atoms with Gasteiger partial charge in [-0.15, -0.1) is 0 Å². The van der Waals surface area contributed by atoms with Gasteiger partial charge in [-0.25, -0.2) is 9.59 Å². The molecule has 0 saturated heterocycles. The number of rotatable bonds is 10. The molecular formula is C37H26Cl5NO5. The summed E-state index contributed by atoms with van der Waals surface area (Å²) in [6.07, 6.45) is -0.780. The molecule has 244 valence electrons. The lowest BCUT2D eigenvalue weighted by Gasteiger charge is -2.20. The Morgan fingerprint density at radius 2 is 1.19 bits per heavy atom. The number of carbonyl (C=O) groups excluding carboxylic acids is 2. The van der Waals surface area contributed by atoms with E-state index in [1.165, 1.54) is 0 Å². The molecule has 11 heteroatoms. The van der Waals surface area contributed by atoms with Crippen LogP contribution in [0.5, 0.6) is 11.5 Å². The maximum atomic E-state index is 13.6. The van der Waals surface area contributed by atoms with E-state index in [1.807, 2.05) is 78.9 Å². The Bertz CT molecular complexity index is 1900. The molecule has 0 fully saturated rings. The van der Waals surface area contributed by atoms with Crippen molar-refractivity contribution in [2.45, 2.75) is 25.0 Å². The Kier molecular flexibility index (Phi) is 10.7. The van der Waals surface area contributed by atoms with Crippen molar-refractivity contribution in [2.24, 2.45) is 0 Å². The van der Waals surface area contributed by atoms with Crippen molar-refractivity contribution in [1.82, 2.24) is 5.32 Å². The largest absolute Gasteiger partial charge is 0.489 e. The van der Waals surface area contributed by atoms with Gasteiger partial charge in [0.1, 0.15) is 35.1 Å². The van der Waals surface area contributed by atoms with Crippen LogP contribution in [-0.4, -0.2) is 24.7 Å². The highest BCUT2D eigenvalue weighted by Crippen LogP contribution is 2.48. The number of nitrogens with one attached hydrogen (secondary N) is 1. The van der Waals surface area contributed by atoms with Crippen molar-refractivity contribution >= 4 is 70.1 Å². The molecule has 1 atom stereocenters. The molecule has 0 saturated carbocycles. The number of carbonyl (C=O) groups is 2. The zero-order valence-electron chi connectivity index (χ0n) is 25.0. The number of halogens is 5. The first kappa shape index (κ1) is 34.0. The minimum absolute atomic E-state index is 0.0340. The highest BCUT2D eigenvalue weighted by molar-refractivity contribution is 6.55. The van der Waals surface area contributed by atoms with Crippen LogP contribution >= 0.6 is 58.0 Å². The highest BCUT2D eigenvalue weighted by atomic mass is 35.5. The molecule has 0 radical (unpaired) electrons. The van der Waals surface area contributed by atoms with E-state index in [1.54, 1.807) is 24.3 Å². The third-order valence-corrected chi connectivity index (χ3v) is 10.1. The van der Waals surface area contributed by atoms with Crippen LogP contribution in [0.3, 0.4) is 0 Å². The number of amides is 1. The Hall–Kier alpha value is -3.91. The SMILES string of the molecule is O=C(N[C@@H](Cc1ccc(OCc2ccccc2)cc1)C(=O)Oc1c(Cl)c(Cl)c(Cl)c(Cl)c1Cl)OCC1c2ccccc2-c2ccccc21. The molecule has 0 bridgehead atoms. The molecule has 48 heavy (non-hydrogen) atoms. The van der Waals surface area contributed by atoms with E-state index in [-0.39, 0.29) is 49.8 Å². The maximum Gasteiger partial charge on any atom is 0.407 e. The number of ether oxygens (including phenoxy) is 3. The van der Waals surface area contributed by atoms with E-state index in [4.69, 9.17) is 72.2 Å². The number of fused-ring (bicyclic) bond motifs is 3. The monoisotopic (exact) mass is 739 g/mol. The van der Waals surface area contributed by atoms with Gasteiger partial charge in [-0.2, -0.15) is 0 Å². The van der Waals surface area contributed by atoms with Crippen LogP contribution < -0.4 is 14.8 Å². The minimum atomic E-state index is -1.22. The van der Waals surface area contributed by atoms with Crippen molar-refractivity contribution in [3.05, 3.63) is 150 Å². The smallest absolute Gasteiger partial charge is 0.407 e. The molecule has 1 aliphatic rings. The number of alkyl carbamates (subject to hydrolysis) is 1. The van der Waals surface area contributed by atoms with Crippen molar-refractivity contribution in [3.63, 3.8) is 0 Å². The summed E-state index contributed by atoms with van der Waals surface area (Å²) in [6.45, 7) is 0.446. The number of hydrogen-bond donors (Lipinski definition) is 1. The molecule has 5 aromatic rings. The van der Waals surface area contributed by atoms with Gasteiger partial charge >= 0.3 is 12.1 Å². The third-order valence-electron chi connectivity index (χ3n) is 7.90. The van der Waals surface area contributed by atoms with Crippen LogP contribution in [0, 0.1) is 0 Å². The number of esters is 1. The van der Waals surface area contributed by atoms with Gasteiger partial charge < -0.3 is 19.5 Å². The molecule has 6 rings (SSSR count). The van der Waals surface area contributed by atoms with Gasteiger partial charge in [-0.05, 0) is 45.5 Å². The van der Waals surface area contributed by atoms with Gasteiger partial charge in [0.15, 0.2) is 5.75 Å². The quantitative estimate of drug-likeness (QED) is 0.0668.